The number of hydrogen-bond donors (Lipinski definition) is 0. The normalized spacial score (nSPS) is 11.5. The summed E-state index contributed by atoms with van der Waals surface area (Å²) in [5.74, 6) is 0. The van der Waals surface area contributed by atoms with Gasteiger partial charge in [0.1, 0.15) is 0 Å². The van der Waals surface area contributed by atoms with Crippen LogP contribution >= 0.6 is 0 Å². The number of hydrogen-bond acceptors (Lipinski definition) is 2. The Morgan fingerprint density at radius 2 is 0.726 bits per heavy atom. The van der Waals surface area contributed by atoms with E-state index in [0.29, 0.717) is 0 Å². The molecule has 0 saturated carbocycles. The number of aromatic nitrogens is 2. The molecule has 0 spiro atoms. The minimum atomic E-state index is 1.05. The monoisotopic (exact) mass is 792 g/mol. The third kappa shape index (κ3) is 5.84. The summed E-state index contributed by atoms with van der Waals surface area (Å²) in [6.45, 7) is 0. The Hall–Kier alpha value is -8.34. The first-order chi connectivity index (χ1) is 30.8. The Kier molecular flexibility index (Phi) is 8.46. The predicted octanol–water partition coefficient (Wildman–Crippen LogP) is 16.0. The van der Waals surface area contributed by atoms with E-state index >= 15 is 0 Å². The van der Waals surface area contributed by atoms with Gasteiger partial charge in [-0.05, 0) is 114 Å². The van der Waals surface area contributed by atoms with Crippen LogP contribution in [0.5, 0.6) is 0 Å². The summed E-state index contributed by atoms with van der Waals surface area (Å²) < 4.78 is 4.91. The highest BCUT2D eigenvalue weighted by molar-refractivity contribution is 6.21. The Labute approximate surface area is 360 Å². The van der Waals surface area contributed by atoms with E-state index < -0.39 is 0 Å². The fourth-order valence-electron chi connectivity index (χ4n) is 9.51. The number of benzene rings is 10. The summed E-state index contributed by atoms with van der Waals surface area (Å²) in [6, 6.07) is 87.8. The topological polar surface area (TPSA) is 16.3 Å². The Morgan fingerprint density at radius 3 is 1.34 bits per heavy atom. The summed E-state index contributed by atoms with van der Waals surface area (Å²) in [5.41, 5.74) is 13.3. The fraction of sp³-hybridized carbons (Fsp3) is 0. The Balaban J connectivity index is 1.25. The lowest BCUT2D eigenvalue weighted by molar-refractivity contribution is 1.15. The zero-order valence-electron chi connectivity index (χ0n) is 33.9. The maximum atomic E-state index is 2.50. The Bertz CT molecular complexity index is 3480. The van der Waals surface area contributed by atoms with Crippen molar-refractivity contribution in [2.75, 3.05) is 9.80 Å². The average molecular weight is 793 g/mol. The lowest BCUT2D eigenvalue weighted by atomic mass is 10.0. The standard InChI is InChI=1S/C58H40N4/c1-6-22-43(23-7-1)59(44-24-8-2-9-25-44)49-39-56(60(45-26-10-3-11-27-45)46-28-12-4-13-29-46)58-52-36-41-20-16-17-21-42(41)37-54(52)62(57(58)40-49)48-34-35-51-50-32-18-19-33-53(50)61(55(51)38-48)47-30-14-5-15-31-47/h1-40H. The van der Waals surface area contributed by atoms with Gasteiger partial charge in [-0.1, -0.05) is 140 Å². The number of fused-ring (bicyclic) bond motifs is 7. The van der Waals surface area contributed by atoms with Crippen LogP contribution in [0.1, 0.15) is 0 Å². The molecule has 2 aromatic heterocycles. The van der Waals surface area contributed by atoms with Crippen LogP contribution in [0.3, 0.4) is 0 Å². The van der Waals surface area contributed by atoms with Gasteiger partial charge in [-0.2, -0.15) is 0 Å². The first-order valence-electron chi connectivity index (χ1n) is 21.2. The average Bonchev–Trinajstić information content (AvgIpc) is 3.84. The summed E-state index contributed by atoms with van der Waals surface area (Å²) in [5, 5.41) is 7.22. The zero-order valence-corrected chi connectivity index (χ0v) is 33.9. The van der Waals surface area contributed by atoms with Gasteiger partial charge in [-0.25, -0.2) is 0 Å². The van der Waals surface area contributed by atoms with Gasteiger partial charge in [0.25, 0.3) is 0 Å². The molecule has 0 amide bonds. The van der Waals surface area contributed by atoms with Crippen molar-refractivity contribution in [2.45, 2.75) is 0 Å². The first-order valence-corrected chi connectivity index (χ1v) is 21.2. The van der Waals surface area contributed by atoms with Crippen LogP contribution in [0.15, 0.2) is 243 Å². The molecule has 0 aliphatic carbocycles. The first kappa shape index (κ1) is 35.6. The third-order valence-electron chi connectivity index (χ3n) is 12.2. The number of anilines is 6. The van der Waals surface area contributed by atoms with Crippen LogP contribution in [-0.2, 0) is 0 Å². The maximum Gasteiger partial charge on any atom is 0.0583 e. The van der Waals surface area contributed by atoms with Crippen LogP contribution in [0.2, 0.25) is 0 Å². The van der Waals surface area contributed by atoms with Crippen molar-refractivity contribution < 1.29 is 0 Å². The molecule has 0 fully saturated rings. The molecule has 0 unspecified atom stereocenters. The number of para-hydroxylation sites is 6. The molecule has 0 saturated heterocycles. The molecular formula is C58H40N4. The smallest absolute Gasteiger partial charge is 0.0583 e. The van der Waals surface area contributed by atoms with Gasteiger partial charge >= 0.3 is 0 Å². The van der Waals surface area contributed by atoms with E-state index in [4.69, 9.17) is 0 Å². The van der Waals surface area contributed by atoms with E-state index in [1.54, 1.807) is 0 Å². The quantitative estimate of drug-likeness (QED) is 0.152. The summed E-state index contributed by atoms with van der Waals surface area (Å²) in [4.78, 5) is 4.81. The van der Waals surface area contributed by atoms with Crippen LogP contribution in [0.4, 0.5) is 34.1 Å². The van der Waals surface area contributed by atoms with Gasteiger partial charge in [0.05, 0.1) is 33.4 Å². The van der Waals surface area contributed by atoms with Crippen LogP contribution < -0.4 is 9.80 Å². The van der Waals surface area contributed by atoms with E-state index in [1.807, 2.05) is 0 Å². The van der Waals surface area contributed by atoms with Gasteiger partial charge < -0.3 is 18.9 Å². The molecule has 0 bridgehead atoms. The highest BCUT2D eigenvalue weighted by atomic mass is 15.2. The van der Waals surface area contributed by atoms with Crippen LogP contribution in [0, 0.1) is 0 Å². The van der Waals surface area contributed by atoms with Gasteiger partial charge in [0.15, 0.2) is 0 Å². The molecule has 0 aliphatic heterocycles. The number of nitrogens with zero attached hydrogens (tertiary/aromatic N) is 4. The summed E-state index contributed by atoms with van der Waals surface area (Å²) in [6.07, 6.45) is 0. The van der Waals surface area contributed by atoms with Crippen molar-refractivity contribution >= 4 is 88.5 Å². The van der Waals surface area contributed by atoms with Crippen LogP contribution in [-0.4, -0.2) is 9.13 Å². The van der Waals surface area contributed by atoms with Crippen molar-refractivity contribution in [1.82, 2.24) is 9.13 Å². The van der Waals surface area contributed by atoms with Crippen molar-refractivity contribution in [3.63, 3.8) is 0 Å². The molecule has 12 rings (SSSR count). The molecule has 0 aliphatic rings. The van der Waals surface area contributed by atoms with Gasteiger partial charge in [-0.3, -0.25) is 0 Å². The second-order valence-electron chi connectivity index (χ2n) is 15.8. The lowest BCUT2D eigenvalue weighted by Gasteiger charge is -2.30. The van der Waals surface area contributed by atoms with Gasteiger partial charge in [0, 0.05) is 55.7 Å². The van der Waals surface area contributed by atoms with Gasteiger partial charge in [-0.15, -0.1) is 0 Å². The maximum absolute atomic E-state index is 2.50. The van der Waals surface area contributed by atoms with Crippen molar-refractivity contribution in [3.8, 4) is 11.4 Å². The predicted molar refractivity (Wildman–Crippen MR) is 262 cm³/mol. The molecule has 2 heterocycles. The summed E-state index contributed by atoms with van der Waals surface area (Å²) >= 11 is 0. The molecule has 4 nitrogen and oxygen atoms in total. The molecular weight excluding hydrogens is 753 g/mol. The van der Waals surface area contributed by atoms with Crippen LogP contribution in [0.25, 0.3) is 65.8 Å². The SMILES string of the molecule is c1ccc(N(c2ccccc2)c2cc(N(c3ccccc3)c3ccccc3)c3c4cc5ccccc5cc4n(-c4ccc5c6ccccc6n(-c6ccccc6)c5c4)c3c2)cc1. The molecule has 62 heavy (non-hydrogen) atoms. The highest BCUT2D eigenvalue weighted by Gasteiger charge is 2.26. The molecule has 0 N–H and O–H groups in total. The van der Waals surface area contributed by atoms with E-state index in [-0.39, 0.29) is 0 Å². The third-order valence-corrected chi connectivity index (χ3v) is 12.2. The molecule has 12 aromatic rings. The molecule has 292 valence electrons. The number of rotatable bonds is 8. The molecule has 10 aromatic carbocycles. The van der Waals surface area contributed by atoms with E-state index in [2.05, 4.69) is 262 Å². The highest BCUT2D eigenvalue weighted by Crippen LogP contribution is 2.49. The fourth-order valence-corrected chi connectivity index (χ4v) is 9.51. The van der Waals surface area contributed by atoms with Crippen molar-refractivity contribution in [1.29, 1.82) is 0 Å². The zero-order chi connectivity index (χ0) is 41.0. The molecule has 0 atom stereocenters. The van der Waals surface area contributed by atoms with E-state index in [9.17, 15) is 0 Å². The minimum absolute atomic E-state index is 1.05. The van der Waals surface area contributed by atoms with Crippen molar-refractivity contribution in [3.05, 3.63) is 243 Å². The second-order valence-corrected chi connectivity index (χ2v) is 15.8. The Morgan fingerprint density at radius 1 is 0.258 bits per heavy atom. The van der Waals surface area contributed by atoms with Gasteiger partial charge in [0.2, 0.25) is 0 Å². The lowest BCUT2D eigenvalue weighted by Crippen LogP contribution is -2.14. The summed E-state index contributed by atoms with van der Waals surface area (Å²) in [7, 11) is 0. The minimum Gasteiger partial charge on any atom is -0.310 e. The van der Waals surface area contributed by atoms with E-state index in [1.165, 1.54) is 37.8 Å². The second kappa shape index (κ2) is 14.7. The van der Waals surface area contributed by atoms with E-state index in [0.717, 1.165) is 62.0 Å². The van der Waals surface area contributed by atoms with Crippen molar-refractivity contribution in [2.24, 2.45) is 0 Å². The molecule has 4 heteroatoms. The largest absolute Gasteiger partial charge is 0.310 e. The molecule has 0 radical (unpaired) electrons.